The second kappa shape index (κ2) is 8.00. The number of carbonyl (C=O) groups is 1. The molecule has 1 aromatic carbocycles. The Morgan fingerprint density at radius 3 is 2.24 bits per heavy atom. The van der Waals surface area contributed by atoms with Crippen molar-refractivity contribution in [3.63, 3.8) is 0 Å². The second-order valence-electron chi connectivity index (χ2n) is 5.79. The molecule has 1 rings (SSSR count). The summed E-state index contributed by atoms with van der Waals surface area (Å²) in [5.74, 6) is -0.847. The Bertz CT molecular complexity index is 443. The average Bonchev–Trinajstić information content (AvgIpc) is 2.42. The van der Waals surface area contributed by atoms with Crippen LogP contribution in [-0.2, 0) is 4.79 Å². The summed E-state index contributed by atoms with van der Waals surface area (Å²) >= 11 is 0. The molecule has 0 saturated carbocycles. The Morgan fingerprint density at radius 1 is 1.24 bits per heavy atom. The zero-order chi connectivity index (χ0) is 16.0. The molecule has 0 aliphatic rings. The number of nitrogens with zero attached hydrogens (tertiary/aromatic N) is 1. The fraction of sp³-hybridized carbons (Fsp3) is 0.562. The van der Waals surface area contributed by atoms with Crippen molar-refractivity contribution in [3.8, 4) is 0 Å². The second-order valence-corrected chi connectivity index (χ2v) is 5.79. The lowest BCUT2D eigenvalue weighted by atomic mass is 9.97. The van der Waals surface area contributed by atoms with Gasteiger partial charge in [-0.1, -0.05) is 26.0 Å². The van der Waals surface area contributed by atoms with E-state index in [1.165, 1.54) is 0 Å². The van der Waals surface area contributed by atoms with E-state index in [1.807, 2.05) is 57.1 Å². The van der Waals surface area contributed by atoms with Crippen LogP contribution in [0.25, 0.3) is 0 Å². The predicted molar refractivity (Wildman–Crippen MR) is 84.7 cm³/mol. The first-order chi connectivity index (χ1) is 9.81. The van der Waals surface area contributed by atoms with E-state index in [2.05, 4.69) is 5.32 Å². The molecule has 0 aromatic heterocycles. The molecule has 21 heavy (non-hydrogen) atoms. The van der Waals surface area contributed by atoms with Crippen molar-refractivity contribution in [2.45, 2.75) is 44.9 Å². The molecule has 2 unspecified atom stereocenters. The van der Waals surface area contributed by atoms with Crippen LogP contribution in [0.15, 0.2) is 24.3 Å². The standard InChI is InChI=1S/C16H26N2O3/c1-11(2)17-14(9-10-15(19)20)16(21)12-5-7-13(8-6-12)18(3)4/h5-8,11,14,16-17,21H,9-10H2,1-4H3,(H,19,20). The Hall–Kier alpha value is -1.59. The fourth-order valence-corrected chi connectivity index (χ4v) is 2.24. The van der Waals surface area contributed by atoms with Crippen molar-refractivity contribution in [3.05, 3.63) is 29.8 Å². The third-order valence-electron chi connectivity index (χ3n) is 3.35. The number of anilines is 1. The fourth-order valence-electron chi connectivity index (χ4n) is 2.24. The summed E-state index contributed by atoms with van der Waals surface area (Å²) in [6.07, 6.45) is -0.288. The van der Waals surface area contributed by atoms with Crippen LogP contribution < -0.4 is 10.2 Å². The average molecular weight is 294 g/mol. The summed E-state index contributed by atoms with van der Waals surface area (Å²) in [5, 5.41) is 22.6. The molecule has 0 bridgehead atoms. The normalized spacial score (nSPS) is 14.0. The molecule has 3 N–H and O–H groups in total. The Kier molecular flexibility index (Phi) is 6.65. The van der Waals surface area contributed by atoms with E-state index in [0.717, 1.165) is 11.3 Å². The molecule has 5 nitrogen and oxygen atoms in total. The summed E-state index contributed by atoms with van der Waals surface area (Å²) in [7, 11) is 3.92. The monoisotopic (exact) mass is 294 g/mol. The lowest BCUT2D eigenvalue weighted by Crippen LogP contribution is -2.39. The van der Waals surface area contributed by atoms with Gasteiger partial charge in [0, 0.05) is 38.3 Å². The molecule has 0 amide bonds. The highest BCUT2D eigenvalue weighted by atomic mass is 16.4. The van der Waals surface area contributed by atoms with Gasteiger partial charge >= 0.3 is 5.97 Å². The van der Waals surface area contributed by atoms with Crippen molar-refractivity contribution in [2.75, 3.05) is 19.0 Å². The highest BCUT2D eigenvalue weighted by Gasteiger charge is 2.22. The number of benzene rings is 1. The minimum Gasteiger partial charge on any atom is -0.481 e. The number of aliphatic carboxylic acids is 1. The van der Waals surface area contributed by atoms with E-state index in [4.69, 9.17) is 5.11 Å². The van der Waals surface area contributed by atoms with Gasteiger partial charge in [-0.15, -0.1) is 0 Å². The molecule has 0 aliphatic carbocycles. The van der Waals surface area contributed by atoms with E-state index in [9.17, 15) is 9.90 Å². The molecular formula is C16H26N2O3. The number of hydrogen-bond donors (Lipinski definition) is 3. The zero-order valence-corrected chi connectivity index (χ0v) is 13.2. The van der Waals surface area contributed by atoms with Gasteiger partial charge in [0.1, 0.15) is 0 Å². The first-order valence-electron chi connectivity index (χ1n) is 7.24. The van der Waals surface area contributed by atoms with Crippen molar-refractivity contribution in [2.24, 2.45) is 0 Å². The van der Waals surface area contributed by atoms with E-state index < -0.39 is 12.1 Å². The number of rotatable bonds is 8. The molecule has 2 atom stereocenters. The predicted octanol–water partition coefficient (Wildman–Crippen LogP) is 2.02. The van der Waals surface area contributed by atoms with Gasteiger partial charge in [0.2, 0.25) is 0 Å². The van der Waals surface area contributed by atoms with E-state index in [0.29, 0.717) is 6.42 Å². The molecule has 0 heterocycles. The third kappa shape index (κ3) is 5.73. The maximum atomic E-state index is 10.8. The molecular weight excluding hydrogens is 268 g/mol. The van der Waals surface area contributed by atoms with Crippen molar-refractivity contribution in [1.82, 2.24) is 5.32 Å². The summed E-state index contributed by atoms with van der Waals surface area (Å²) < 4.78 is 0. The van der Waals surface area contributed by atoms with Crippen LogP contribution in [0.2, 0.25) is 0 Å². The van der Waals surface area contributed by atoms with Crippen LogP contribution in [0.5, 0.6) is 0 Å². The van der Waals surface area contributed by atoms with Crippen molar-refractivity contribution < 1.29 is 15.0 Å². The molecule has 5 heteroatoms. The van der Waals surface area contributed by atoms with Crippen LogP contribution in [0.1, 0.15) is 38.4 Å². The summed E-state index contributed by atoms with van der Waals surface area (Å²) in [4.78, 5) is 12.7. The first kappa shape index (κ1) is 17.5. The minimum atomic E-state index is -0.847. The van der Waals surface area contributed by atoms with Gasteiger partial charge in [-0.3, -0.25) is 4.79 Å². The smallest absolute Gasteiger partial charge is 0.303 e. The molecule has 118 valence electrons. The third-order valence-corrected chi connectivity index (χ3v) is 3.35. The van der Waals surface area contributed by atoms with Gasteiger partial charge in [0.15, 0.2) is 0 Å². The minimum absolute atomic E-state index is 0.0389. The maximum Gasteiger partial charge on any atom is 0.303 e. The Labute approximate surface area is 126 Å². The van der Waals surface area contributed by atoms with Gasteiger partial charge in [-0.2, -0.15) is 0 Å². The largest absolute Gasteiger partial charge is 0.481 e. The highest BCUT2D eigenvalue weighted by Crippen LogP contribution is 2.23. The topological polar surface area (TPSA) is 72.8 Å². The van der Waals surface area contributed by atoms with Crippen LogP contribution in [0, 0.1) is 0 Å². The van der Waals surface area contributed by atoms with Gasteiger partial charge in [0.25, 0.3) is 0 Å². The van der Waals surface area contributed by atoms with Crippen LogP contribution >= 0.6 is 0 Å². The summed E-state index contributed by atoms with van der Waals surface area (Å²) in [6, 6.07) is 7.57. The van der Waals surface area contributed by atoms with Crippen LogP contribution in [0.4, 0.5) is 5.69 Å². The maximum absolute atomic E-state index is 10.8. The zero-order valence-electron chi connectivity index (χ0n) is 13.2. The molecule has 0 aliphatic heterocycles. The van der Waals surface area contributed by atoms with Crippen molar-refractivity contribution in [1.29, 1.82) is 0 Å². The van der Waals surface area contributed by atoms with E-state index in [1.54, 1.807) is 0 Å². The summed E-state index contributed by atoms with van der Waals surface area (Å²) in [5.41, 5.74) is 1.86. The Balaban J connectivity index is 2.82. The van der Waals surface area contributed by atoms with Gasteiger partial charge in [-0.25, -0.2) is 0 Å². The van der Waals surface area contributed by atoms with Crippen molar-refractivity contribution >= 4 is 11.7 Å². The number of carboxylic acids is 1. The lowest BCUT2D eigenvalue weighted by Gasteiger charge is -2.26. The Morgan fingerprint density at radius 2 is 1.81 bits per heavy atom. The number of nitrogens with one attached hydrogen (secondary N) is 1. The number of aliphatic hydroxyl groups excluding tert-OH is 1. The van der Waals surface area contributed by atoms with Gasteiger partial charge < -0.3 is 20.4 Å². The molecule has 0 fully saturated rings. The molecule has 0 radical (unpaired) electrons. The molecule has 1 aromatic rings. The quantitative estimate of drug-likeness (QED) is 0.684. The van der Waals surface area contributed by atoms with E-state index >= 15 is 0 Å². The van der Waals surface area contributed by atoms with Crippen LogP contribution in [0.3, 0.4) is 0 Å². The molecule has 0 saturated heterocycles. The number of aliphatic hydroxyl groups is 1. The van der Waals surface area contributed by atoms with Crippen LogP contribution in [-0.4, -0.2) is 42.4 Å². The highest BCUT2D eigenvalue weighted by molar-refractivity contribution is 5.66. The van der Waals surface area contributed by atoms with Gasteiger partial charge in [0.05, 0.1) is 6.10 Å². The first-order valence-corrected chi connectivity index (χ1v) is 7.24. The molecule has 0 spiro atoms. The number of hydrogen-bond acceptors (Lipinski definition) is 4. The summed E-state index contributed by atoms with van der Waals surface area (Å²) in [6.45, 7) is 3.96. The lowest BCUT2D eigenvalue weighted by molar-refractivity contribution is -0.137. The number of carboxylic acid groups (broad SMARTS) is 1. The van der Waals surface area contributed by atoms with Gasteiger partial charge in [-0.05, 0) is 24.1 Å². The SMILES string of the molecule is CC(C)NC(CCC(=O)O)C(O)c1ccc(N(C)C)cc1. The van der Waals surface area contributed by atoms with E-state index in [-0.39, 0.29) is 18.5 Å².